The summed E-state index contributed by atoms with van der Waals surface area (Å²) < 4.78 is 5.35. The summed E-state index contributed by atoms with van der Waals surface area (Å²) in [6.07, 6.45) is 2.96. The molecule has 1 aliphatic heterocycles. The number of halogens is 1. The van der Waals surface area contributed by atoms with Crippen LogP contribution in [-0.2, 0) is 30.3 Å². The number of hydrogen-bond acceptors (Lipinski definition) is 5. The minimum atomic E-state index is -1.11. The summed E-state index contributed by atoms with van der Waals surface area (Å²) in [6, 6.07) is 13.2. The second-order valence-corrected chi connectivity index (χ2v) is 10.1. The molecule has 1 N–H and O–H groups in total. The van der Waals surface area contributed by atoms with E-state index >= 15 is 0 Å². The van der Waals surface area contributed by atoms with Gasteiger partial charge in [-0.1, -0.05) is 48.0 Å². The Kier molecular flexibility index (Phi) is 6.36. The number of nitrogens with one attached hydrogen (secondary N) is 1. The van der Waals surface area contributed by atoms with Crippen molar-refractivity contribution in [3.8, 4) is 0 Å². The van der Waals surface area contributed by atoms with Crippen molar-refractivity contribution in [2.45, 2.75) is 38.6 Å². The second kappa shape index (κ2) is 9.46. The van der Waals surface area contributed by atoms with Crippen LogP contribution in [-0.4, -0.2) is 41.2 Å². The monoisotopic (exact) mass is 494 g/mol. The number of esters is 1. The largest absolute Gasteiger partial charge is 0.454 e. The number of rotatable bonds is 7. The standard InChI is InChI=1S/C27H27ClN2O5/c1-15-19(28)8-5-9-20(15)29-22(31)14-35-27(34)21(12-16-6-3-2-4-7-16)30-25(32)23-17-10-11-18(13-17)24(23)26(30)33/h2-9,17-18,21,23-24H,10-14H2,1H3,(H,29,31)/t17-,18-,21-,23-,24+/m0/s1. The topological polar surface area (TPSA) is 92.8 Å². The lowest BCUT2D eigenvalue weighted by Crippen LogP contribution is -2.48. The molecular formula is C27H27ClN2O5. The normalized spacial score (nSPS) is 25.5. The lowest BCUT2D eigenvalue weighted by Gasteiger charge is -2.26. The van der Waals surface area contributed by atoms with Crippen molar-refractivity contribution < 1.29 is 23.9 Å². The zero-order valence-electron chi connectivity index (χ0n) is 19.4. The zero-order valence-corrected chi connectivity index (χ0v) is 20.2. The highest BCUT2D eigenvalue weighted by Crippen LogP contribution is 2.56. The Labute approximate surface area is 208 Å². The van der Waals surface area contributed by atoms with Crippen LogP contribution in [0.25, 0.3) is 0 Å². The SMILES string of the molecule is Cc1c(Cl)cccc1NC(=O)COC(=O)[C@H](Cc1ccccc1)N1C(=O)[C@@H]2[C@H]3CC[C@@H](C3)[C@@H]2C1=O. The number of imide groups is 1. The molecule has 0 spiro atoms. The molecule has 7 nitrogen and oxygen atoms in total. The Morgan fingerprint density at radius 1 is 1.03 bits per heavy atom. The fourth-order valence-electron chi connectivity index (χ4n) is 6.02. The molecule has 35 heavy (non-hydrogen) atoms. The molecule has 8 heteroatoms. The van der Waals surface area contributed by atoms with Crippen LogP contribution in [0.15, 0.2) is 48.5 Å². The predicted octanol–water partition coefficient (Wildman–Crippen LogP) is 3.77. The average molecular weight is 495 g/mol. The number of carbonyl (C=O) groups is 4. The molecule has 2 bridgehead atoms. The van der Waals surface area contributed by atoms with Gasteiger partial charge in [0.15, 0.2) is 6.61 Å². The van der Waals surface area contributed by atoms with Crippen LogP contribution >= 0.6 is 11.6 Å². The molecule has 2 aliphatic carbocycles. The Morgan fingerprint density at radius 3 is 2.34 bits per heavy atom. The Hall–Kier alpha value is -3.19. The molecule has 1 heterocycles. The minimum absolute atomic E-state index is 0.140. The van der Waals surface area contributed by atoms with E-state index in [9.17, 15) is 19.2 Å². The minimum Gasteiger partial charge on any atom is -0.454 e. The third kappa shape index (κ3) is 4.33. The van der Waals surface area contributed by atoms with Gasteiger partial charge >= 0.3 is 5.97 Å². The van der Waals surface area contributed by atoms with Crippen LogP contribution < -0.4 is 5.32 Å². The molecule has 0 unspecified atom stereocenters. The summed E-state index contributed by atoms with van der Waals surface area (Å²) in [4.78, 5) is 53.6. The van der Waals surface area contributed by atoms with Crippen LogP contribution in [0.1, 0.15) is 30.4 Å². The van der Waals surface area contributed by atoms with E-state index in [4.69, 9.17) is 16.3 Å². The summed E-state index contributed by atoms with van der Waals surface area (Å²) in [5.41, 5.74) is 2.02. The van der Waals surface area contributed by atoms with E-state index in [0.29, 0.717) is 16.3 Å². The molecule has 2 aromatic rings. The van der Waals surface area contributed by atoms with E-state index in [1.165, 1.54) is 0 Å². The second-order valence-electron chi connectivity index (χ2n) is 9.71. The summed E-state index contributed by atoms with van der Waals surface area (Å²) in [5, 5.41) is 3.19. The van der Waals surface area contributed by atoms with Gasteiger partial charge in [-0.3, -0.25) is 19.3 Å². The van der Waals surface area contributed by atoms with Crippen molar-refractivity contribution in [1.29, 1.82) is 0 Å². The molecule has 5 atom stereocenters. The molecule has 3 aliphatic rings. The van der Waals surface area contributed by atoms with E-state index in [1.54, 1.807) is 25.1 Å². The molecule has 3 fully saturated rings. The maximum absolute atomic E-state index is 13.4. The maximum atomic E-state index is 13.4. The van der Waals surface area contributed by atoms with Crippen LogP contribution in [0.2, 0.25) is 5.02 Å². The number of benzene rings is 2. The number of carbonyl (C=O) groups excluding carboxylic acids is 4. The zero-order chi connectivity index (χ0) is 24.7. The fourth-order valence-corrected chi connectivity index (χ4v) is 6.19. The van der Waals surface area contributed by atoms with Crippen molar-refractivity contribution in [1.82, 2.24) is 4.90 Å². The molecule has 5 rings (SSSR count). The van der Waals surface area contributed by atoms with Gasteiger partial charge in [0.05, 0.1) is 11.8 Å². The van der Waals surface area contributed by atoms with Gasteiger partial charge in [0.25, 0.3) is 5.91 Å². The van der Waals surface area contributed by atoms with E-state index in [2.05, 4.69) is 5.32 Å². The number of likely N-dealkylation sites (tertiary alicyclic amines) is 1. The third-order valence-electron chi connectivity index (χ3n) is 7.70. The lowest BCUT2D eigenvalue weighted by atomic mass is 9.81. The van der Waals surface area contributed by atoms with Gasteiger partial charge in [-0.05, 0) is 61.3 Å². The van der Waals surface area contributed by atoms with Crippen molar-refractivity contribution in [3.05, 3.63) is 64.7 Å². The summed E-state index contributed by atoms with van der Waals surface area (Å²) in [5.74, 6) is -2.08. The molecule has 3 amide bonds. The van der Waals surface area contributed by atoms with E-state index in [1.807, 2.05) is 30.3 Å². The number of fused-ring (bicyclic) bond motifs is 5. The van der Waals surface area contributed by atoms with Gasteiger partial charge in [-0.15, -0.1) is 0 Å². The smallest absolute Gasteiger partial charge is 0.330 e. The Bertz CT molecular complexity index is 1160. The first-order chi connectivity index (χ1) is 16.8. The van der Waals surface area contributed by atoms with Gasteiger partial charge in [-0.2, -0.15) is 0 Å². The van der Waals surface area contributed by atoms with Crippen molar-refractivity contribution in [3.63, 3.8) is 0 Å². The highest BCUT2D eigenvalue weighted by atomic mass is 35.5. The van der Waals surface area contributed by atoms with Crippen LogP contribution in [0.5, 0.6) is 0 Å². The van der Waals surface area contributed by atoms with Crippen molar-refractivity contribution >= 4 is 41.0 Å². The molecule has 1 saturated heterocycles. The first kappa shape index (κ1) is 23.5. The van der Waals surface area contributed by atoms with Gasteiger partial charge in [0, 0.05) is 17.1 Å². The van der Waals surface area contributed by atoms with Gasteiger partial charge in [0.1, 0.15) is 6.04 Å². The number of ether oxygens (including phenoxy) is 1. The Balaban J connectivity index is 1.32. The van der Waals surface area contributed by atoms with Crippen LogP contribution in [0, 0.1) is 30.6 Å². The highest BCUT2D eigenvalue weighted by Gasteiger charge is 2.62. The number of nitrogens with zero attached hydrogens (tertiary/aromatic N) is 1. The third-order valence-corrected chi connectivity index (χ3v) is 8.11. The van der Waals surface area contributed by atoms with Gasteiger partial charge in [-0.25, -0.2) is 4.79 Å². The van der Waals surface area contributed by atoms with Gasteiger partial charge < -0.3 is 10.1 Å². The predicted molar refractivity (Wildman–Crippen MR) is 129 cm³/mol. The van der Waals surface area contributed by atoms with Crippen molar-refractivity contribution in [2.24, 2.45) is 23.7 Å². The van der Waals surface area contributed by atoms with E-state index in [0.717, 1.165) is 29.7 Å². The molecule has 2 aromatic carbocycles. The molecule has 2 saturated carbocycles. The molecule has 0 radical (unpaired) electrons. The fraction of sp³-hybridized carbons (Fsp3) is 0.407. The van der Waals surface area contributed by atoms with E-state index in [-0.39, 0.29) is 41.9 Å². The molecule has 182 valence electrons. The Morgan fingerprint density at radius 2 is 1.69 bits per heavy atom. The summed E-state index contributed by atoms with van der Waals surface area (Å²) in [6.45, 7) is 1.23. The van der Waals surface area contributed by atoms with Crippen LogP contribution in [0.3, 0.4) is 0 Å². The van der Waals surface area contributed by atoms with Crippen LogP contribution in [0.4, 0.5) is 5.69 Å². The molecule has 0 aromatic heterocycles. The van der Waals surface area contributed by atoms with E-state index < -0.39 is 24.5 Å². The quantitative estimate of drug-likeness (QED) is 0.467. The number of hydrogen-bond donors (Lipinski definition) is 1. The molecular weight excluding hydrogens is 468 g/mol. The number of anilines is 1. The first-order valence-electron chi connectivity index (χ1n) is 12.0. The highest BCUT2D eigenvalue weighted by molar-refractivity contribution is 6.31. The lowest BCUT2D eigenvalue weighted by molar-refractivity contribution is -0.160. The average Bonchev–Trinajstić information content (AvgIpc) is 3.53. The number of amides is 3. The maximum Gasteiger partial charge on any atom is 0.330 e. The van der Waals surface area contributed by atoms with Gasteiger partial charge in [0.2, 0.25) is 11.8 Å². The van der Waals surface area contributed by atoms with Crippen molar-refractivity contribution in [2.75, 3.05) is 11.9 Å². The first-order valence-corrected chi connectivity index (χ1v) is 12.4. The summed E-state index contributed by atoms with van der Waals surface area (Å²) >= 11 is 6.10. The summed E-state index contributed by atoms with van der Waals surface area (Å²) in [7, 11) is 0.